The molecule has 2 fully saturated rings. The van der Waals surface area contributed by atoms with E-state index in [2.05, 4.69) is 24.5 Å². The number of carbonyl (C=O) groups excluding carboxylic acids is 1. The molecule has 2 aliphatic rings. The van der Waals surface area contributed by atoms with E-state index in [9.17, 15) is 4.79 Å². The van der Waals surface area contributed by atoms with Crippen molar-refractivity contribution >= 4 is 5.91 Å². The minimum absolute atomic E-state index is 0.00217. The van der Waals surface area contributed by atoms with Crippen molar-refractivity contribution < 1.29 is 4.79 Å². The van der Waals surface area contributed by atoms with Crippen molar-refractivity contribution in [3.05, 3.63) is 0 Å². The molecular weight excluding hydrogens is 212 g/mol. The van der Waals surface area contributed by atoms with Crippen LogP contribution in [0.4, 0.5) is 0 Å². The Morgan fingerprint density at radius 3 is 2.65 bits per heavy atom. The molecule has 0 aromatic carbocycles. The Kier molecular flexibility index (Phi) is 4.08. The fourth-order valence-corrected chi connectivity index (χ4v) is 3.22. The summed E-state index contributed by atoms with van der Waals surface area (Å²) < 4.78 is 0. The Balaban J connectivity index is 1.81. The van der Waals surface area contributed by atoms with Crippen LogP contribution in [0.2, 0.25) is 0 Å². The summed E-state index contributed by atoms with van der Waals surface area (Å²) in [4.78, 5) is 12.2. The van der Waals surface area contributed by atoms with E-state index in [4.69, 9.17) is 0 Å². The monoisotopic (exact) mass is 238 g/mol. The van der Waals surface area contributed by atoms with E-state index in [1.54, 1.807) is 0 Å². The number of carbonyl (C=O) groups is 1. The third-order valence-corrected chi connectivity index (χ3v) is 4.43. The highest BCUT2D eigenvalue weighted by Crippen LogP contribution is 2.30. The molecule has 0 spiro atoms. The van der Waals surface area contributed by atoms with Gasteiger partial charge < -0.3 is 10.6 Å². The molecule has 1 aliphatic carbocycles. The van der Waals surface area contributed by atoms with Crippen LogP contribution in [-0.2, 0) is 4.79 Å². The molecule has 2 N–H and O–H groups in total. The van der Waals surface area contributed by atoms with Gasteiger partial charge >= 0.3 is 0 Å². The summed E-state index contributed by atoms with van der Waals surface area (Å²) in [5, 5.41) is 6.52. The molecule has 1 unspecified atom stereocenters. The first kappa shape index (κ1) is 12.9. The molecule has 1 aliphatic heterocycles. The third kappa shape index (κ3) is 3.21. The molecule has 1 heterocycles. The van der Waals surface area contributed by atoms with Crippen molar-refractivity contribution in [1.82, 2.24) is 10.6 Å². The molecule has 0 radical (unpaired) electrons. The molecule has 0 aromatic rings. The van der Waals surface area contributed by atoms with Crippen LogP contribution in [0, 0.1) is 11.3 Å². The Labute approximate surface area is 105 Å². The topological polar surface area (TPSA) is 41.1 Å². The van der Waals surface area contributed by atoms with Crippen molar-refractivity contribution in [3.63, 3.8) is 0 Å². The molecule has 17 heavy (non-hydrogen) atoms. The summed E-state index contributed by atoms with van der Waals surface area (Å²) in [5.74, 6) is 0.937. The van der Waals surface area contributed by atoms with E-state index < -0.39 is 0 Å². The van der Waals surface area contributed by atoms with Gasteiger partial charge in [0.1, 0.15) is 0 Å². The summed E-state index contributed by atoms with van der Waals surface area (Å²) in [6.07, 6.45) is 7.59. The SMILES string of the molecule is CC1(C)CCCNC1C(=O)NCC1CCCC1. The zero-order chi connectivity index (χ0) is 12.3. The number of piperidine rings is 1. The maximum Gasteiger partial charge on any atom is 0.237 e. The highest BCUT2D eigenvalue weighted by Gasteiger charge is 2.37. The highest BCUT2D eigenvalue weighted by atomic mass is 16.2. The Hall–Kier alpha value is -0.570. The van der Waals surface area contributed by atoms with Gasteiger partial charge in [0.25, 0.3) is 0 Å². The summed E-state index contributed by atoms with van der Waals surface area (Å²) in [6.45, 7) is 6.25. The number of hydrogen-bond donors (Lipinski definition) is 2. The minimum Gasteiger partial charge on any atom is -0.354 e. The average Bonchev–Trinajstić information content (AvgIpc) is 2.78. The van der Waals surface area contributed by atoms with E-state index in [1.165, 1.54) is 32.1 Å². The highest BCUT2D eigenvalue weighted by molar-refractivity contribution is 5.82. The lowest BCUT2D eigenvalue weighted by Crippen LogP contribution is -2.56. The lowest BCUT2D eigenvalue weighted by molar-refractivity contribution is -0.126. The second-order valence-electron chi connectivity index (χ2n) is 6.37. The molecule has 1 atom stereocenters. The van der Waals surface area contributed by atoms with Crippen LogP contribution in [0.3, 0.4) is 0 Å². The molecular formula is C14H26N2O. The fourth-order valence-electron chi connectivity index (χ4n) is 3.22. The van der Waals surface area contributed by atoms with Gasteiger partial charge in [-0.2, -0.15) is 0 Å². The minimum atomic E-state index is -0.00217. The maximum atomic E-state index is 12.2. The van der Waals surface area contributed by atoms with Crippen LogP contribution in [-0.4, -0.2) is 25.0 Å². The molecule has 2 rings (SSSR count). The van der Waals surface area contributed by atoms with E-state index in [0.717, 1.165) is 25.4 Å². The predicted molar refractivity (Wildman–Crippen MR) is 69.8 cm³/mol. The maximum absolute atomic E-state index is 12.2. The first-order valence-corrected chi connectivity index (χ1v) is 7.11. The quantitative estimate of drug-likeness (QED) is 0.790. The largest absolute Gasteiger partial charge is 0.354 e. The molecule has 98 valence electrons. The van der Waals surface area contributed by atoms with Gasteiger partial charge in [-0.3, -0.25) is 4.79 Å². The van der Waals surface area contributed by atoms with Gasteiger partial charge in [-0.15, -0.1) is 0 Å². The fraction of sp³-hybridized carbons (Fsp3) is 0.929. The van der Waals surface area contributed by atoms with Crippen molar-refractivity contribution in [2.75, 3.05) is 13.1 Å². The van der Waals surface area contributed by atoms with Crippen molar-refractivity contribution in [2.45, 2.75) is 58.4 Å². The molecule has 1 amide bonds. The Morgan fingerprint density at radius 1 is 1.29 bits per heavy atom. The van der Waals surface area contributed by atoms with Gasteiger partial charge in [0.15, 0.2) is 0 Å². The lowest BCUT2D eigenvalue weighted by Gasteiger charge is -2.38. The summed E-state index contributed by atoms with van der Waals surface area (Å²) in [5.41, 5.74) is 0.0952. The second-order valence-corrected chi connectivity index (χ2v) is 6.37. The van der Waals surface area contributed by atoms with Crippen LogP contribution in [0.15, 0.2) is 0 Å². The lowest BCUT2D eigenvalue weighted by atomic mass is 9.77. The number of nitrogens with one attached hydrogen (secondary N) is 2. The van der Waals surface area contributed by atoms with Gasteiger partial charge in [0.05, 0.1) is 6.04 Å². The van der Waals surface area contributed by atoms with Crippen LogP contribution >= 0.6 is 0 Å². The second kappa shape index (κ2) is 5.38. The van der Waals surface area contributed by atoms with Crippen molar-refractivity contribution in [1.29, 1.82) is 0 Å². The first-order valence-electron chi connectivity index (χ1n) is 7.11. The van der Waals surface area contributed by atoms with Gasteiger partial charge in [-0.05, 0) is 43.6 Å². The standard InChI is InChI=1S/C14H26N2O/c1-14(2)8-5-9-15-12(14)13(17)16-10-11-6-3-4-7-11/h11-12,15H,3-10H2,1-2H3,(H,16,17). The first-order chi connectivity index (χ1) is 8.09. The zero-order valence-corrected chi connectivity index (χ0v) is 11.2. The van der Waals surface area contributed by atoms with Gasteiger partial charge in [0, 0.05) is 6.54 Å². The molecule has 3 nitrogen and oxygen atoms in total. The molecule has 3 heteroatoms. The van der Waals surface area contributed by atoms with E-state index in [1.807, 2.05) is 0 Å². The Morgan fingerprint density at radius 2 is 2.00 bits per heavy atom. The number of amides is 1. The van der Waals surface area contributed by atoms with Gasteiger partial charge in [-0.1, -0.05) is 26.7 Å². The average molecular weight is 238 g/mol. The Bertz CT molecular complexity index is 269. The van der Waals surface area contributed by atoms with Crippen LogP contribution in [0.1, 0.15) is 52.4 Å². The summed E-state index contributed by atoms with van der Waals surface area (Å²) in [7, 11) is 0. The van der Waals surface area contributed by atoms with Gasteiger partial charge in [-0.25, -0.2) is 0 Å². The smallest absolute Gasteiger partial charge is 0.237 e. The number of rotatable bonds is 3. The molecule has 1 saturated carbocycles. The summed E-state index contributed by atoms with van der Waals surface area (Å²) >= 11 is 0. The van der Waals surface area contributed by atoms with Crippen molar-refractivity contribution in [2.24, 2.45) is 11.3 Å². The van der Waals surface area contributed by atoms with E-state index in [-0.39, 0.29) is 17.4 Å². The van der Waals surface area contributed by atoms with E-state index >= 15 is 0 Å². The predicted octanol–water partition coefficient (Wildman–Crippen LogP) is 2.07. The van der Waals surface area contributed by atoms with Crippen LogP contribution < -0.4 is 10.6 Å². The van der Waals surface area contributed by atoms with E-state index in [0.29, 0.717) is 0 Å². The van der Waals surface area contributed by atoms with Crippen molar-refractivity contribution in [3.8, 4) is 0 Å². The number of hydrogen-bond acceptors (Lipinski definition) is 2. The third-order valence-electron chi connectivity index (χ3n) is 4.43. The molecule has 0 bridgehead atoms. The van der Waals surface area contributed by atoms with Crippen LogP contribution in [0.25, 0.3) is 0 Å². The van der Waals surface area contributed by atoms with Crippen LogP contribution in [0.5, 0.6) is 0 Å². The molecule has 1 saturated heterocycles. The molecule has 0 aromatic heterocycles. The van der Waals surface area contributed by atoms with Gasteiger partial charge in [0.2, 0.25) is 5.91 Å². The zero-order valence-electron chi connectivity index (χ0n) is 11.2. The summed E-state index contributed by atoms with van der Waals surface area (Å²) in [6, 6.07) is -0.00217. The normalized spacial score (nSPS) is 29.2.